The van der Waals surface area contributed by atoms with Crippen molar-refractivity contribution in [2.45, 2.75) is 26.7 Å². The van der Waals surface area contributed by atoms with Gasteiger partial charge >= 0.3 is 0 Å². The molecule has 0 unspecified atom stereocenters. The first-order chi connectivity index (χ1) is 10.2. The largest absolute Gasteiger partial charge is 0.473 e. The smallest absolute Gasteiger partial charge is 0.222 e. The van der Waals surface area contributed by atoms with Gasteiger partial charge in [0, 0.05) is 6.42 Å². The first-order valence-electron chi connectivity index (χ1n) is 7.18. The van der Waals surface area contributed by atoms with Crippen molar-refractivity contribution < 1.29 is 4.74 Å². The van der Waals surface area contributed by atoms with Crippen LogP contribution in [0.3, 0.4) is 0 Å². The number of nitrogens with zero attached hydrogens (tertiary/aromatic N) is 2. The zero-order valence-corrected chi connectivity index (χ0v) is 12.5. The van der Waals surface area contributed by atoms with Crippen molar-refractivity contribution in [1.82, 2.24) is 9.97 Å². The van der Waals surface area contributed by atoms with Gasteiger partial charge in [-0.3, -0.25) is 0 Å². The van der Waals surface area contributed by atoms with E-state index in [9.17, 15) is 0 Å². The molecule has 2 aromatic rings. The number of anilines is 1. The van der Waals surface area contributed by atoms with Gasteiger partial charge < -0.3 is 10.5 Å². The van der Waals surface area contributed by atoms with Gasteiger partial charge in [-0.1, -0.05) is 43.3 Å². The van der Waals surface area contributed by atoms with Crippen molar-refractivity contribution >= 4 is 11.9 Å². The van der Waals surface area contributed by atoms with E-state index >= 15 is 0 Å². The van der Waals surface area contributed by atoms with Crippen LogP contribution in [0.2, 0.25) is 0 Å². The number of aromatic nitrogens is 2. The van der Waals surface area contributed by atoms with E-state index in [0.717, 1.165) is 29.8 Å². The monoisotopic (exact) mass is 283 g/mol. The second-order valence-electron chi connectivity index (χ2n) is 4.83. The van der Waals surface area contributed by atoms with Crippen molar-refractivity contribution in [2.75, 3.05) is 12.3 Å². The topological polar surface area (TPSA) is 61.0 Å². The Morgan fingerprint density at radius 2 is 1.95 bits per heavy atom. The first kappa shape index (κ1) is 15.0. The van der Waals surface area contributed by atoms with Gasteiger partial charge in [-0.15, -0.1) is 0 Å². The molecule has 0 atom stereocenters. The van der Waals surface area contributed by atoms with E-state index in [1.165, 1.54) is 0 Å². The maximum absolute atomic E-state index is 5.90. The molecule has 0 spiro atoms. The van der Waals surface area contributed by atoms with Crippen LogP contribution >= 0.6 is 0 Å². The first-order valence-corrected chi connectivity index (χ1v) is 7.18. The van der Waals surface area contributed by atoms with Gasteiger partial charge in [-0.05, 0) is 25.0 Å². The summed E-state index contributed by atoms with van der Waals surface area (Å²) in [5.41, 5.74) is 7.84. The maximum atomic E-state index is 5.90. The van der Waals surface area contributed by atoms with Crippen LogP contribution in [-0.4, -0.2) is 16.6 Å². The Bertz CT molecular complexity index is 609. The third-order valence-electron chi connectivity index (χ3n) is 3.08. The number of rotatable bonds is 6. The predicted octanol–water partition coefficient (Wildman–Crippen LogP) is 3.41. The molecule has 0 saturated carbocycles. The average molecular weight is 283 g/mol. The zero-order chi connectivity index (χ0) is 15.1. The lowest BCUT2D eigenvalue weighted by molar-refractivity contribution is 0.344. The lowest BCUT2D eigenvalue weighted by atomic mass is 10.2. The Morgan fingerprint density at radius 1 is 1.19 bits per heavy atom. The summed E-state index contributed by atoms with van der Waals surface area (Å²) in [5, 5.41) is 0. The predicted molar refractivity (Wildman–Crippen MR) is 86.1 cm³/mol. The molecule has 0 aliphatic rings. The average Bonchev–Trinajstić information content (AvgIpc) is 2.49. The summed E-state index contributed by atoms with van der Waals surface area (Å²) in [6, 6.07) is 10.1. The molecule has 110 valence electrons. The summed E-state index contributed by atoms with van der Waals surface area (Å²) < 4.78 is 5.71. The highest BCUT2D eigenvalue weighted by atomic mass is 16.5. The normalized spacial score (nSPS) is 11.0. The highest BCUT2D eigenvalue weighted by Crippen LogP contribution is 2.20. The zero-order valence-electron chi connectivity index (χ0n) is 12.5. The number of hydrogen-bond donors (Lipinski definition) is 1. The third-order valence-corrected chi connectivity index (χ3v) is 3.08. The van der Waals surface area contributed by atoms with Crippen LogP contribution in [-0.2, 0) is 6.42 Å². The number of nitrogen functional groups attached to an aromatic ring is 1. The van der Waals surface area contributed by atoms with Crippen molar-refractivity contribution in [3.63, 3.8) is 0 Å². The minimum Gasteiger partial charge on any atom is -0.473 e. The van der Waals surface area contributed by atoms with E-state index in [1.54, 1.807) is 0 Å². The molecule has 0 radical (unpaired) electrons. The number of nitrogens with two attached hydrogens (primary N) is 1. The van der Waals surface area contributed by atoms with Crippen LogP contribution in [0, 0.1) is 6.92 Å². The summed E-state index contributed by atoms with van der Waals surface area (Å²) in [5.74, 6) is 1.81. The SMILES string of the molecule is CCCc1nc(N)c(C)c(OC/C=C/c2ccccc2)n1. The molecular weight excluding hydrogens is 262 g/mol. The van der Waals surface area contributed by atoms with Gasteiger partial charge in [0.05, 0.1) is 5.56 Å². The van der Waals surface area contributed by atoms with E-state index in [2.05, 4.69) is 16.9 Å². The minimum atomic E-state index is 0.456. The molecule has 0 saturated heterocycles. The molecule has 0 amide bonds. The minimum absolute atomic E-state index is 0.456. The standard InChI is InChI=1S/C17H21N3O/c1-3-8-15-19-16(18)13(2)17(20-15)21-12-7-11-14-9-5-4-6-10-14/h4-7,9-11H,3,8,12H2,1-2H3,(H2,18,19,20)/b11-7+. The molecule has 0 bridgehead atoms. The molecule has 0 aliphatic heterocycles. The highest BCUT2D eigenvalue weighted by Gasteiger charge is 2.08. The Morgan fingerprint density at radius 3 is 2.67 bits per heavy atom. The fourth-order valence-corrected chi connectivity index (χ4v) is 1.91. The highest BCUT2D eigenvalue weighted by molar-refractivity contribution is 5.49. The van der Waals surface area contributed by atoms with Gasteiger partial charge in [0.15, 0.2) is 0 Å². The number of hydrogen-bond acceptors (Lipinski definition) is 4. The Labute approximate surface area is 125 Å². The third kappa shape index (κ3) is 4.31. The Hall–Kier alpha value is -2.36. The Balaban J connectivity index is 2.01. The molecule has 0 fully saturated rings. The molecule has 2 rings (SSSR count). The van der Waals surface area contributed by atoms with Crippen LogP contribution in [0.5, 0.6) is 5.88 Å². The van der Waals surface area contributed by atoms with Gasteiger partial charge in [0.25, 0.3) is 0 Å². The van der Waals surface area contributed by atoms with E-state index in [1.807, 2.05) is 49.4 Å². The molecule has 1 aromatic heterocycles. The summed E-state index contributed by atoms with van der Waals surface area (Å²) in [4.78, 5) is 8.69. The molecule has 1 heterocycles. The molecule has 21 heavy (non-hydrogen) atoms. The number of aryl methyl sites for hydroxylation is 1. The number of benzene rings is 1. The lowest BCUT2D eigenvalue weighted by Crippen LogP contribution is -2.07. The second-order valence-corrected chi connectivity index (χ2v) is 4.83. The Kier molecular flexibility index (Phi) is 5.32. The van der Waals surface area contributed by atoms with E-state index in [0.29, 0.717) is 18.3 Å². The van der Waals surface area contributed by atoms with Crippen LogP contribution in [0.15, 0.2) is 36.4 Å². The van der Waals surface area contributed by atoms with E-state index in [4.69, 9.17) is 10.5 Å². The second kappa shape index (κ2) is 7.43. The summed E-state index contributed by atoms with van der Waals surface area (Å²) in [7, 11) is 0. The van der Waals surface area contributed by atoms with E-state index < -0.39 is 0 Å². The summed E-state index contributed by atoms with van der Waals surface area (Å²) in [6.07, 6.45) is 5.77. The maximum Gasteiger partial charge on any atom is 0.222 e. The van der Waals surface area contributed by atoms with Crippen molar-refractivity contribution in [2.24, 2.45) is 0 Å². The molecule has 1 aromatic carbocycles. The molecule has 4 nitrogen and oxygen atoms in total. The van der Waals surface area contributed by atoms with Crippen LogP contribution < -0.4 is 10.5 Å². The van der Waals surface area contributed by atoms with Crippen LogP contribution in [0.4, 0.5) is 5.82 Å². The summed E-state index contributed by atoms with van der Waals surface area (Å²) >= 11 is 0. The summed E-state index contributed by atoms with van der Waals surface area (Å²) in [6.45, 7) is 4.42. The van der Waals surface area contributed by atoms with Gasteiger partial charge in [0.1, 0.15) is 18.2 Å². The molecule has 4 heteroatoms. The lowest BCUT2D eigenvalue weighted by Gasteiger charge is -2.09. The van der Waals surface area contributed by atoms with Crippen LogP contribution in [0.25, 0.3) is 6.08 Å². The van der Waals surface area contributed by atoms with Crippen LogP contribution in [0.1, 0.15) is 30.3 Å². The van der Waals surface area contributed by atoms with Gasteiger partial charge in [0.2, 0.25) is 5.88 Å². The fraction of sp³-hybridized carbons (Fsp3) is 0.294. The van der Waals surface area contributed by atoms with E-state index in [-0.39, 0.29) is 0 Å². The molecule has 0 aliphatic carbocycles. The van der Waals surface area contributed by atoms with Gasteiger partial charge in [-0.25, -0.2) is 4.98 Å². The quantitative estimate of drug-likeness (QED) is 0.882. The van der Waals surface area contributed by atoms with Crippen molar-refractivity contribution in [1.29, 1.82) is 0 Å². The molecule has 2 N–H and O–H groups in total. The van der Waals surface area contributed by atoms with Crippen molar-refractivity contribution in [3.05, 3.63) is 53.4 Å². The molecular formula is C17H21N3O. The van der Waals surface area contributed by atoms with Gasteiger partial charge in [-0.2, -0.15) is 4.98 Å². The van der Waals surface area contributed by atoms with Crippen molar-refractivity contribution in [3.8, 4) is 5.88 Å². The number of ether oxygens (including phenoxy) is 1. The fourth-order valence-electron chi connectivity index (χ4n) is 1.91.